The van der Waals surface area contributed by atoms with Crippen molar-refractivity contribution in [3.63, 3.8) is 0 Å². The van der Waals surface area contributed by atoms with Crippen LogP contribution in [0.25, 0.3) is 0 Å². The molecule has 0 radical (unpaired) electrons. The Bertz CT molecular complexity index is 491. The molecular weight excluding hydrogens is 298 g/mol. The number of aliphatic hydroxyl groups excluding tert-OH is 1. The summed E-state index contributed by atoms with van der Waals surface area (Å²) < 4.78 is 0. The van der Waals surface area contributed by atoms with Crippen molar-refractivity contribution in [2.75, 3.05) is 13.2 Å². The Morgan fingerprint density at radius 3 is 2.57 bits per heavy atom. The van der Waals surface area contributed by atoms with E-state index < -0.39 is 0 Å². The van der Waals surface area contributed by atoms with Crippen LogP contribution in [0, 0.1) is 5.41 Å². The van der Waals surface area contributed by atoms with Crippen molar-refractivity contribution in [2.24, 2.45) is 5.41 Å². The predicted octanol–water partition coefficient (Wildman–Crippen LogP) is 4.48. The van der Waals surface area contributed by atoms with E-state index >= 15 is 0 Å². The summed E-state index contributed by atoms with van der Waals surface area (Å²) in [6, 6.07) is 9.06. The number of thiophene rings is 2. The molecule has 116 valence electrons. The fourth-order valence-corrected chi connectivity index (χ4v) is 3.99. The molecule has 0 saturated heterocycles. The highest BCUT2D eigenvalue weighted by molar-refractivity contribution is 7.10. The average Bonchev–Trinajstić information content (AvgIpc) is 3.14. The van der Waals surface area contributed by atoms with Crippen LogP contribution in [0.1, 0.15) is 42.5 Å². The first-order valence-electron chi connectivity index (χ1n) is 7.51. The predicted molar refractivity (Wildman–Crippen MR) is 93.2 cm³/mol. The standard InChI is InChI=1S/C17H25NOS2/c1-17(2,8-5-9-19)13-18-15(16-7-4-11-21-16)12-14-6-3-10-20-14/h3-4,6-7,10-11,15,18-19H,5,8-9,12-13H2,1-2H3. The molecule has 1 unspecified atom stereocenters. The van der Waals surface area contributed by atoms with E-state index in [0.717, 1.165) is 25.8 Å². The topological polar surface area (TPSA) is 32.3 Å². The second-order valence-electron chi connectivity index (χ2n) is 6.22. The van der Waals surface area contributed by atoms with Crippen LogP contribution in [-0.4, -0.2) is 18.3 Å². The van der Waals surface area contributed by atoms with Crippen LogP contribution < -0.4 is 5.32 Å². The van der Waals surface area contributed by atoms with Crippen molar-refractivity contribution >= 4 is 22.7 Å². The van der Waals surface area contributed by atoms with Crippen molar-refractivity contribution in [1.82, 2.24) is 5.32 Å². The molecule has 0 aliphatic heterocycles. The first-order valence-corrected chi connectivity index (χ1v) is 9.27. The van der Waals surface area contributed by atoms with Gasteiger partial charge in [0.05, 0.1) is 0 Å². The smallest absolute Gasteiger partial charge is 0.0463 e. The Hall–Kier alpha value is -0.680. The van der Waals surface area contributed by atoms with Gasteiger partial charge >= 0.3 is 0 Å². The van der Waals surface area contributed by atoms with E-state index in [9.17, 15) is 0 Å². The number of hydrogen-bond donors (Lipinski definition) is 2. The summed E-state index contributed by atoms with van der Waals surface area (Å²) in [7, 11) is 0. The van der Waals surface area contributed by atoms with Crippen LogP contribution >= 0.6 is 22.7 Å². The fourth-order valence-electron chi connectivity index (χ4n) is 2.44. The summed E-state index contributed by atoms with van der Waals surface area (Å²) in [6.07, 6.45) is 2.98. The molecule has 2 rings (SSSR count). The molecular formula is C17H25NOS2. The van der Waals surface area contributed by atoms with Gasteiger partial charge in [-0.3, -0.25) is 0 Å². The molecule has 0 bridgehead atoms. The van der Waals surface area contributed by atoms with E-state index in [0.29, 0.717) is 6.04 Å². The molecule has 4 heteroatoms. The Morgan fingerprint density at radius 2 is 1.95 bits per heavy atom. The van der Waals surface area contributed by atoms with Gasteiger partial charge in [0.1, 0.15) is 0 Å². The Balaban J connectivity index is 1.96. The normalized spacial score (nSPS) is 13.5. The van der Waals surface area contributed by atoms with Crippen LogP contribution in [0.4, 0.5) is 0 Å². The minimum absolute atomic E-state index is 0.216. The van der Waals surface area contributed by atoms with Crippen LogP contribution in [-0.2, 0) is 6.42 Å². The second kappa shape index (κ2) is 8.08. The summed E-state index contributed by atoms with van der Waals surface area (Å²) in [5, 5.41) is 17.0. The van der Waals surface area contributed by atoms with Crippen molar-refractivity contribution in [3.8, 4) is 0 Å². The van der Waals surface area contributed by atoms with Crippen molar-refractivity contribution in [1.29, 1.82) is 0 Å². The Labute approximate surface area is 135 Å². The zero-order valence-corrected chi connectivity index (χ0v) is 14.5. The lowest BCUT2D eigenvalue weighted by atomic mass is 9.87. The Morgan fingerprint density at radius 1 is 1.19 bits per heavy atom. The molecule has 1 atom stereocenters. The summed E-state index contributed by atoms with van der Waals surface area (Å²) in [5.74, 6) is 0. The van der Waals surface area contributed by atoms with Crippen LogP contribution in [0.2, 0.25) is 0 Å². The van der Waals surface area contributed by atoms with Crippen molar-refractivity contribution in [2.45, 2.75) is 39.2 Å². The number of hydrogen-bond acceptors (Lipinski definition) is 4. The first-order chi connectivity index (χ1) is 10.1. The highest BCUT2D eigenvalue weighted by atomic mass is 32.1. The van der Waals surface area contributed by atoms with E-state index in [1.165, 1.54) is 9.75 Å². The van der Waals surface area contributed by atoms with Gasteiger partial charge in [-0.2, -0.15) is 0 Å². The van der Waals surface area contributed by atoms with Gasteiger partial charge in [-0.25, -0.2) is 0 Å². The quantitative estimate of drug-likeness (QED) is 0.713. The largest absolute Gasteiger partial charge is 0.396 e. The van der Waals surface area contributed by atoms with Crippen molar-refractivity contribution < 1.29 is 5.11 Å². The molecule has 2 heterocycles. The molecule has 0 fully saturated rings. The molecule has 0 amide bonds. The Kier molecular flexibility index (Phi) is 6.42. The average molecular weight is 324 g/mol. The maximum Gasteiger partial charge on any atom is 0.0463 e. The molecule has 0 aromatic carbocycles. The number of aliphatic hydroxyl groups is 1. The molecule has 0 aliphatic carbocycles. The lowest BCUT2D eigenvalue weighted by molar-refractivity contribution is 0.232. The molecule has 2 N–H and O–H groups in total. The van der Waals surface area contributed by atoms with Crippen LogP contribution in [0.3, 0.4) is 0 Å². The molecule has 21 heavy (non-hydrogen) atoms. The number of nitrogens with one attached hydrogen (secondary N) is 1. The lowest BCUT2D eigenvalue weighted by Crippen LogP contribution is -2.33. The zero-order chi connectivity index (χ0) is 15.1. The van der Waals surface area contributed by atoms with E-state index in [4.69, 9.17) is 5.11 Å². The summed E-state index contributed by atoms with van der Waals surface area (Å²) >= 11 is 3.65. The second-order valence-corrected chi connectivity index (χ2v) is 8.24. The molecule has 0 spiro atoms. The van der Waals surface area contributed by atoms with Gasteiger partial charge in [-0.15, -0.1) is 22.7 Å². The summed E-state index contributed by atoms with van der Waals surface area (Å²) in [6.45, 7) is 5.80. The van der Waals surface area contributed by atoms with Gasteiger partial charge in [0, 0.05) is 35.4 Å². The molecule has 0 saturated carbocycles. The molecule has 2 aromatic heterocycles. The fraction of sp³-hybridized carbons (Fsp3) is 0.529. The molecule has 0 aliphatic rings. The van der Waals surface area contributed by atoms with E-state index in [-0.39, 0.29) is 12.0 Å². The minimum atomic E-state index is 0.216. The summed E-state index contributed by atoms with van der Waals surface area (Å²) in [5.41, 5.74) is 0.216. The maximum absolute atomic E-state index is 9.01. The van der Waals surface area contributed by atoms with E-state index in [1.807, 2.05) is 22.7 Å². The van der Waals surface area contributed by atoms with E-state index in [2.05, 4.69) is 54.2 Å². The highest BCUT2D eigenvalue weighted by Crippen LogP contribution is 2.27. The SMILES string of the molecule is CC(C)(CCCO)CNC(Cc1cccs1)c1cccs1. The van der Waals surface area contributed by atoms with Crippen LogP contribution in [0.15, 0.2) is 35.0 Å². The zero-order valence-electron chi connectivity index (χ0n) is 12.8. The molecule has 2 aromatic rings. The van der Waals surface area contributed by atoms with Crippen molar-refractivity contribution in [3.05, 3.63) is 44.8 Å². The lowest BCUT2D eigenvalue weighted by Gasteiger charge is -2.28. The van der Waals surface area contributed by atoms with Gasteiger partial charge in [0.2, 0.25) is 0 Å². The van der Waals surface area contributed by atoms with E-state index in [1.54, 1.807) is 0 Å². The van der Waals surface area contributed by atoms with Gasteiger partial charge in [-0.05, 0) is 41.1 Å². The third-order valence-corrected chi connectivity index (χ3v) is 5.60. The van der Waals surface area contributed by atoms with Gasteiger partial charge in [-0.1, -0.05) is 26.0 Å². The highest BCUT2D eigenvalue weighted by Gasteiger charge is 2.21. The molecule has 2 nitrogen and oxygen atoms in total. The third kappa shape index (κ3) is 5.55. The van der Waals surface area contributed by atoms with Gasteiger partial charge < -0.3 is 10.4 Å². The monoisotopic (exact) mass is 323 g/mol. The van der Waals surface area contributed by atoms with Gasteiger partial charge in [0.15, 0.2) is 0 Å². The maximum atomic E-state index is 9.01. The number of rotatable bonds is 9. The third-order valence-electron chi connectivity index (χ3n) is 3.71. The van der Waals surface area contributed by atoms with Crippen LogP contribution in [0.5, 0.6) is 0 Å². The minimum Gasteiger partial charge on any atom is -0.396 e. The summed E-state index contributed by atoms with van der Waals surface area (Å²) in [4.78, 5) is 2.83. The first kappa shape index (κ1) is 16.7. The van der Waals surface area contributed by atoms with Gasteiger partial charge in [0.25, 0.3) is 0 Å².